The molecule has 1 aliphatic rings. The van der Waals surface area contributed by atoms with Crippen LogP contribution in [0, 0.1) is 6.92 Å². The number of anilines is 2. The fourth-order valence-electron chi connectivity index (χ4n) is 3.57. The van der Waals surface area contributed by atoms with Crippen LogP contribution in [0.1, 0.15) is 24.2 Å². The van der Waals surface area contributed by atoms with Crippen molar-refractivity contribution in [2.24, 2.45) is 0 Å². The van der Waals surface area contributed by atoms with Crippen LogP contribution in [0.25, 0.3) is 10.6 Å². The molecular weight excluding hydrogens is 458 g/mol. The van der Waals surface area contributed by atoms with E-state index in [1.54, 1.807) is 24.5 Å². The normalized spacial score (nSPS) is 13.9. The number of nitrogens with one attached hydrogen (secondary N) is 1. The van der Waals surface area contributed by atoms with E-state index < -0.39 is 0 Å². The molecule has 4 heterocycles. The zero-order valence-corrected chi connectivity index (χ0v) is 19.6. The van der Waals surface area contributed by atoms with E-state index in [1.807, 2.05) is 31.3 Å². The molecule has 1 aromatic carbocycles. The molecule has 0 saturated carbocycles. The van der Waals surface area contributed by atoms with Crippen molar-refractivity contribution in [3.05, 3.63) is 65.3 Å². The van der Waals surface area contributed by atoms with Crippen molar-refractivity contribution in [2.75, 3.05) is 18.4 Å². The quantitative estimate of drug-likeness (QED) is 0.372. The highest BCUT2D eigenvalue weighted by molar-refractivity contribution is 7.18. The minimum absolute atomic E-state index is 0.237. The molecule has 3 aromatic heterocycles. The Bertz CT molecular complexity index is 1240. The lowest BCUT2D eigenvalue weighted by Gasteiger charge is -2.13. The van der Waals surface area contributed by atoms with Gasteiger partial charge in [-0.25, -0.2) is 15.0 Å². The summed E-state index contributed by atoms with van der Waals surface area (Å²) in [7, 11) is 0. The van der Waals surface area contributed by atoms with Gasteiger partial charge in [0, 0.05) is 18.4 Å². The molecule has 1 aliphatic heterocycles. The number of rotatable bonds is 7. The molecule has 1 fully saturated rings. The maximum atomic E-state index is 6.19. The zero-order valence-electron chi connectivity index (χ0n) is 18.0. The molecule has 33 heavy (non-hydrogen) atoms. The molecule has 4 aromatic rings. The molecule has 0 spiro atoms. The number of halogens is 1. The molecule has 8 nitrogen and oxygen atoms in total. The van der Waals surface area contributed by atoms with E-state index in [-0.39, 0.29) is 6.01 Å². The summed E-state index contributed by atoms with van der Waals surface area (Å²) in [5, 5.41) is 4.43. The van der Waals surface area contributed by atoms with Crippen LogP contribution in [0.5, 0.6) is 11.8 Å². The number of benzene rings is 1. The largest absolute Gasteiger partial charge is 0.423 e. The Morgan fingerprint density at radius 1 is 1.06 bits per heavy atom. The summed E-state index contributed by atoms with van der Waals surface area (Å²) in [6, 6.07) is 9.36. The van der Waals surface area contributed by atoms with E-state index in [1.165, 1.54) is 24.2 Å². The average molecular weight is 480 g/mol. The first kappa shape index (κ1) is 21.7. The second-order valence-corrected chi connectivity index (χ2v) is 9.18. The van der Waals surface area contributed by atoms with Gasteiger partial charge in [-0.05, 0) is 51.1 Å². The van der Waals surface area contributed by atoms with Crippen LogP contribution < -0.4 is 10.1 Å². The molecule has 1 saturated heterocycles. The summed E-state index contributed by atoms with van der Waals surface area (Å²) in [5.74, 6) is 1.16. The summed E-state index contributed by atoms with van der Waals surface area (Å²) in [6.07, 6.45) is 7.86. The first-order valence-corrected chi connectivity index (χ1v) is 11.9. The number of ether oxygens (including phenoxy) is 1. The second-order valence-electron chi connectivity index (χ2n) is 7.74. The van der Waals surface area contributed by atoms with Gasteiger partial charge in [-0.2, -0.15) is 4.98 Å². The van der Waals surface area contributed by atoms with E-state index in [0.717, 1.165) is 41.6 Å². The van der Waals surface area contributed by atoms with Crippen LogP contribution in [0.4, 0.5) is 10.9 Å². The number of hydrogen-bond donors (Lipinski definition) is 1. The molecule has 0 unspecified atom stereocenters. The van der Waals surface area contributed by atoms with Gasteiger partial charge in [-0.1, -0.05) is 35.1 Å². The van der Waals surface area contributed by atoms with Gasteiger partial charge in [0.2, 0.25) is 0 Å². The zero-order chi connectivity index (χ0) is 22.6. The first-order chi connectivity index (χ1) is 16.1. The van der Waals surface area contributed by atoms with Crippen LogP contribution in [-0.2, 0) is 6.54 Å². The van der Waals surface area contributed by atoms with Gasteiger partial charge >= 0.3 is 6.01 Å². The third kappa shape index (κ3) is 5.44. The summed E-state index contributed by atoms with van der Waals surface area (Å²) in [4.78, 5) is 25.7. The van der Waals surface area contributed by atoms with Gasteiger partial charge in [0.1, 0.15) is 5.75 Å². The number of hydrogen-bond acceptors (Lipinski definition) is 9. The molecule has 168 valence electrons. The Hall–Kier alpha value is -3.14. The van der Waals surface area contributed by atoms with Crippen LogP contribution in [0.15, 0.2) is 48.9 Å². The first-order valence-electron chi connectivity index (χ1n) is 10.7. The van der Waals surface area contributed by atoms with Crippen molar-refractivity contribution in [1.29, 1.82) is 0 Å². The number of aromatic nitrogens is 5. The lowest BCUT2D eigenvalue weighted by molar-refractivity contribution is 0.327. The van der Waals surface area contributed by atoms with Gasteiger partial charge in [0.15, 0.2) is 10.9 Å². The molecule has 0 bridgehead atoms. The van der Waals surface area contributed by atoms with Crippen LogP contribution in [-0.4, -0.2) is 42.9 Å². The van der Waals surface area contributed by atoms with E-state index in [9.17, 15) is 0 Å². The molecule has 0 aliphatic carbocycles. The summed E-state index contributed by atoms with van der Waals surface area (Å²) < 4.78 is 5.81. The highest BCUT2D eigenvalue weighted by Crippen LogP contribution is 2.32. The van der Waals surface area contributed by atoms with Gasteiger partial charge in [0.25, 0.3) is 0 Å². The fourth-order valence-corrected chi connectivity index (χ4v) is 4.53. The van der Waals surface area contributed by atoms with E-state index in [2.05, 4.69) is 35.1 Å². The second kappa shape index (κ2) is 9.78. The van der Waals surface area contributed by atoms with Crippen molar-refractivity contribution < 1.29 is 4.74 Å². The summed E-state index contributed by atoms with van der Waals surface area (Å²) >= 11 is 7.66. The minimum atomic E-state index is 0.237. The molecule has 0 atom stereocenters. The molecule has 0 radical (unpaired) electrons. The number of para-hydroxylation sites is 1. The highest BCUT2D eigenvalue weighted by atomic mass is 35.5. The van der Waals surface area contributed by atoms with Crippen molar-refractivity contribution >= 4 is 33.9 Å². The van der Waals surface area contributed by atoms with E-state index in [0.29, 0.717) is 21.7 Å². The van der Waals surface area contributed by atoms with Crippen molar-refractivity contribution in [3.63, 3.8) is 0 Å². The maximum absolute atomic E-state index is 6.19. The molecule has 5 rings (SSSR count). The lowest BCUT2D eigenvalue weighted by atomic mass is 10.3. The molecule has 10 heteroatoms. The molecular formula is C23H22ClN7OS. The lowest BCUT2D eigenvalue weighted by Crippen LogP contribution is -2.19. The Morgan fingerprint density at radius 2 is 1.91 bits per heavy atom. The Balaban J connectivity index is 1.28. The van der Waals surface area contributed by atoms with Crippen LogP contribution >= 0.6 is 22.9 Å². The van der Waals surface area contributed by atoms with Crippen LogP contribution in [0.3, 0.4) is 0 Å². The topological polar surface area (TPSA) is 89.0 Å². The Kier molecular flexibility index (Phi) is 6.43. The minimum Gasteiger partial charge on any atom is -0.423 e. The molecule has 1 N–H and O–H groups in total. The number of nitrogens with zero attached hydrogens (tertiary/aromatic N) is 6. The number of likely N-dealkylation sites (tertiary alicyclic amines) is 1. The third-order valence-corrected chi connectivity index (χ3v) is 6.40. The molecule has 0 amide bonds. The maximum Gasteiger partial charge on any atom is 0.322 e. The van der Waals surface area contributed by atoms with Crippen molar-refractivity contribution in [3.8, 4) is 22.3 Å². The van der Waals surface area contributed by atoms with E-state index >= 15 is 0 Å². The van der Waals surface area contributed by atoms with Crippen molar-refractivity contribution in [1.82, 2.24) is 29.8 Å². The van der Waals surface area contributed by atoms with E-state index in [4.69, 9.17) is 16.3 Å². The SMILES string of the molecule is Cc1cc(-c2cnc(Nc3cnc(CN4CCCC4)cn3)s2)nc(Oc2ccccc2Cl)n1. The average Bonchev–Trinajstić information content (AvgIpc) is 3.49. The third-order valence-electron chi connectivity index (χ3n) is 5.15. The summed E-state index contributed by atoms with van der Waals surface area (Å²) in [6.45, 7) is 5.01. The fraction of sp³-hybridized carbons (Fsp3) is 0.261. The van der Waals surface area contributed by atoms with Gasteiger partial charge in [-0.3, -0.25) is 9.88 Å². The van der Waals surface area contributed by atoms with Gasteiger partial charge in [0.05, 0.1) is 33.7 Å². The smallest absolute Gasteiger partial charge is 0.322 e. The van der Waals surface area contributed by atoms with Crippen LogP contribution in [0.2, 0.25) is 5.02 Å². The number of thiazole rings is 1. The Labute approximate surface area is 200 Å². The van der Waals surface area contributed by atoms with Crippen molar-refractivity contribution in [2.45, 2.75) is 26.3 Å². The van der Waals surface area contributed by atoms with Gasteiger partial charge < -0.3 is 10.1 Å². The highest BCUT2D eigenvalue weighted by Gasteiger charge is 2.14. The number of aryl methyl sites for hydroxylation is 1. The van der Waals surface area contributed by atoms with Gasteiger partial charge in [-0.15, -0.1) is 0 Å². The standard InChI is InChI=1S/C23H22ClN7OS/c1-15-10-18(29-22(28-15)32-19-7-3-2-6-17(19)24)20-12-27-23(33-20)30-21-13-25-16(11-26-21)14-31-8-4-5-9-31/h2-3,6-7,10-13H,4-5,8-9,14H2,1H3,(H,26,27,30). The Morgan fingerprint density at radius 3 is 2.70 bits per heavy atom. The monoisotopic (exact) mass is 479 g/mol. The predicted molar refractivity (Wildman–Crippen MR) is 129 cm³/mol. The summed E-state index contributed by atoms with van der Waals surface area (Å²) in [5.41, 5.74) is 2.48. The predicted octanol–water partition coefficient (Wildman–Crippen LogP) is 5.48.